The van der Waals surface area contributed by atoms with Crippen LogP contribution in [0.25, 0.3) is 6.08 Å². The number of aromatic nitrogens is 2. The maximum atomic E-state index is 13.7. The quantitative estimate of drug-likeness (QED) is 0.784. The van der Waals surface area contributed by atoms with Gasteiger partial charge in [0.15, 0.2) is 0 Å². The molecule has 1 aliphatic heterocycles. The molecule has 0 fully saturated rings. The first-order chi connectivity index (χ1) is 12.7. The maximum Gasteiger partial charge on any atom is 0.255 e. The van der Waals surface area contributed by atoms with E-state index in [2.05, 4.69) is 10.4 Å². The van der Waals surface area contributed by atoms with Gasteiger partial charge in [-0.3, -0.25) is 9.48 Å². The Bertz CT molecular complexity index is 994. The third kappa shape index (κ3) is 3.35. The Balaban J connectivity index is 1.45. The van der Waals surface area contributed by atoms with Gasteiger partial charge in [-0.25, -0.2) is 4.39 Å². The summed E-state index contributed by atoms with van der Waals surface area (Å²) in [7, 11) is 0. The van der Waals surface area contributed by atoms with Gasteiger partial charge in [0, 0.05) is 17.3 Å². The zero-order valence-corrected chi connectivity index (χ0v) is 13.9. The number of fused-ring (bicyclic) bond motifs is 1. The minimum absolute atomic E-state index is 0.214. The van der Waals surface area contributed by atoms with Crippen molar-refractivity contribution in [2.24, 2.45) is 0 Å². The molecule has 4 rings (SSSR count). The Labute approximate surface area is 149 Å². The van der Waals surface area contributed by atoms with Gasteiger partial charge in [-0.05, 0) is 18.2 Å². The largest absolute Gasteiger partial charge is 0.488 e. The van der Waals surface area contributed by atoms with Gasteiger partial charge in [-0.2, -0.15) is 5.10 Å². The van der Waals surface area contributed by atoms with Crippen LogP contribution in [0.4, 0.5) is 10.1 Å². The third-order valence-corrected chi connectivity index (χ3v) is 4.10. The normalized spacial score (nSPS) is 12.7. The number of nitrogens with zero attached hydrogens (tertiary/aromatic N) is 2. The minimum atomic E-state index is -0.281. The first kappa shape index (κ1) is 16.1. The van der Waals surface area contributed by atoms with Crippen LogP contribution in [0.3, 0.4) is 0 Å². The van der Waals surface area contributed by atoms with Crippen molar-refractivity contribution in [1.29, 1.82) is 0 Å². The summed E-state index contributed by atoms with van der Waals surface area (Å²) >= 11 is 0. The number of anilines is 1. The van der Waals surface area contributed by atoms with E-state index in [1.54, 1.807) is 29.1 Å². The van der Waals surface area contributed by atoms with Crippen molar-refractivity contribution in [2.45, 2.75) is 6.54 Å². The predicted molar refractivity (Wildman–Crippen MR) is 96.3 cm³/mol. The highest BCUT2D eigenvalue weighted by molar-refractivity contribution is 6.07. The predicted octanol–water partition coefficient (Wildman–Crippen LogP) is 3.49. The summed E-state index contributed by atoms with van der Waals surface area (Å²) in [6, 6.07) is 14.1. The van der Waals surface area contributed by atoms with E-state index in [9.17, 15) is 9.18 Å². The van der Waals surface area contributed by atoms with E-state index in [-0.39, 0.29) is 18.3 Å². The van der Waals surface area contributed by atoms with Crippen molar-refractivity contribution in [2.75, 3.05) is 11.9 Å². The first-order valence-corrected chi connectivity index (χ1v) is 8.19. The van der Waals surface area contributed by atoms with Crippen molar-refractivity contribution in [1.82, 2.24) is 9.78 Å². The van der Waals surface area contributed by atoms with Gasteiger partial charge in [0.2, 0.25) is 0 Å². The number of ether oxygens (including phenoxy) is 1. The number of hydrogen-bond donors (Lipinski definition) is 1. The molecule has 3 aromatic rings. The maximum absolute atomic E-state index is 13.7. The van der Waals surface area contributed by atoms with Gasteiger partial charge < -0.3 is 10.1 Å². The van der Waals surface area contributed by atoms with Gasteiger partial charge in [-0.1, -0.05) is 36.4 Å². The van der Waals surface area contributed by atoms with Gasteiger partial charge in [-0.15, -0.1) is 0 Å². The molecule has 130 valence electrons. The number of carbonyl (C=O) groups excluding carboxylic acids is 1. The summed E-state index contributed by atoms with van der Waals surface area (Å²) < 4.78 is 20.9. The van der Waals surface area contributed by atoms with E-state index in [0.29, 0.717) is 23.4 Å². The molecule has 1 aromatic heterocycles. The van der Waals surface area contributed by atoms with Crippen LogP contribution in [0.5, 0.6) is 5.75 Å². The molecule has 0 bridgehead atoms. The number of hydrogen-bond acceptors (Lipinski definition) is 3. The third-order valence-electron chi connectivity index (χ3n) is 4.10. The molecule has 0 saturated heterocycles. The number of rotatable bonds is 4. The van der Waals surface area contributed by atoms with Crippen LogP contribution in [0.2, 0.25) is 0 Å². The van der Waals surface area contributed by atoms with E-state index in [4.69, 9.17) is 4.74 Å². The smallest absolute Gasteiger partial charge is 0.255 e. The fourth-order valence-electron chi connectivity index (χ4n) is 2.77. The van der Waals surface area contributed by atoms with Crippen LogP contribution in [0.15, 0.2) is 66.5 Å². The second-order valence-corrected chi connectivity index (χ2v) is 5.97. The summed E-state index contributed by atoms with van der Waals surface area (Å²) in [6.45, 7) is 0.508. The lowest BCUT2D eigenvalue weighted by atomic mass is 10.1. The Morgan fingerprint density at radius 2 is 2.00 bits per heavy atom. The van der Waals surface area contributed by atoms with Crippen molar-refractivity contribution < 1.29 is 13.9 Å². The Morgan fingerprint density at radius 3 is 2.88 bits per heavy atom. The summed E-state index contributed by atoms with van der Waals surface area (Å²) in [5.41, 5.74) is 2.49. The van der Waals surface area contributed by atoms with Crippen LogP contribution in [0.1, 0.15) is 11.1 Å². The number of amides is 1. The highest BCUT2D eigenvalue weighted by atomic mass is 19.1. The number of para-hydroxylation sites is 1. The van der Waals surface area contributed by atoms with Crippen molar-refractivity contribution in [3.63, 3.8) is 0 Å². The van der Waals surface area contributed by atoms with E-state index in [1.165, 1.54) is 12.3 Å². The van der Waals surface area contributed by atoms with Crippen LogP contribution in [0, 0.1) is 5.82 Å². The zero-order chi connectivity index (χ0) is 17.9. The molecule has 5 nitrogen and oxygen atoms in total. The lowest BCUT2D eigenvalue weighted by molar-refractivity contribution is -0.113. The standard InChI is InChI=1S/C20H16FN3O2/c21-18-7-3-1-6-15(18)11-24-12-17(10-22-24)23-20(25)16-9-14-5-2-4-8-19(14)26-13-16/h1-10,12H,11,13H2,(H,23,25). The average molecular weight is 349 g/mol. The van der Waals surface area contributed by atoms with Gasteiger partial charge in [0.1, 0.15) is 18.2 Å². The van der Waals surface area contributed by atoms with Crippen LogP contribution in [-0.2, 0) is 11.3 Å². The Morgan fingerprint density at radius 1 is 1.19 bits per heavy atom. The number of benzene rings is 2. The fourth-order valence-corrected chi connectivity index (χ4v) is 2.77. The highest BCUT2D eigenvalue weighted by Crippen LogP contribution is 2.26. The summed E-state index contributed by atoms with van der Waals surface area (Å²) in [4.78, 5) is 12.4. The Kier molecular flexibility index (Phi) is 4.23. The summed E-state index contributed by atoms with van der Waals surface area (Å²) in [6.07, 6.45) is 5.03. The lowest BCUT2D eigenvalue weighted by Gasteiger charge is -2.17. The van der Waals surface area contributed by atoms with Crippen LogP contribution >= 0.6 is 0 Å². The van der Waals surface area contributed by atoms with Crippen molar-refractivity contribution in [3.8, 4) is 5.75 Å². The molecule has 0 saturated carbocycles. The molecule has 0 aliphatic carbocycles. The fraction of sp³-hybridized carbons (Fsp3) is 0.100. The number of nitrogens with one attached hydrogen (secondary N) is 1. The Hall–Kier alpha value is -3.41. The minimum Gasteiger partial charge on any atom is -0.488 e. The second-order valence-electron chi connectivity index (χ2n) is 5.97. The molecular formula is C20H16FN3O2. The number of carbonyl (C=O) groups is 1. The molecule has 26 heavy (non-hydrogen) atoms. The van der Waals surface area contributed by atoms with Crippen LogP contribution in [-0.4, -0.2) is 22.3 Å². The number of halogens is 1. The van der Waals surface area contributed by atoms with Crippen molar-refractivity contribution in [3.05, 3.63) is 83.4 Å². The van der Waals surface area contributed by atoms with E-state index >= 15 is 0 Å². The first-order valence-electron chi connectivity index (χ1n) is 8.19. The lowest BCUT2D eigenvalue weighted by Crippen LogP contribution is -2.21. The van der Waals surface area contributed by atoms with Crippen LogP contribution < -0.4 is 10.1 Å². The molecule has 0 unspecified atom stereocenters. The summed E-state index contributed by atoms with van der Waals surface area (Å²) in [5, 5.41) is 6.97. The molecule has 1 amide bonds. The van der Waals surface area contributed by atoms with Gasteiger partial charge in [0.25, 0.3) is 5.91 Å². The molecule has 6 heteroatoms. The van der Waals surface area contributed by atoms with Crippen molar-refractivity contribution >= 4 is 17.7 Å². The topological polar surface area (TPSA) is 56.2 Å². The molecule has 1 aliphatic rings. The second kappa shape index (κ2) is 6.84. The SMILES string of the molecule is O=C(Nc1cnn(Cc2ccccc2F)c1)C1=Cc2ccccc2OC1. The molecule has 0 spiro atoms. The molecular weight excluding hydrogens is 333 g/mol. The highest BCUT2D eigenvalue weighted by Gasteiger charge is 2.17. The molecule has 1 N–H and O–H groups in total. The monoisotopic (exact) mass is 349 g/mol. The average Bonchev–Trinajstić information content (AvgIpc) is 3.10. The van der Waals surface area contributed by atoms with E-state index in [0.717, 1.165) is 11.3 Å². The summed E-state index contributed by atoms with van der Waals surface area (Å²) in [5.74, 6) is 0.239. The van der Waals surface area contributed by atoms with Gasteiger partial charge in [0.05, 0.1) is 24.0 Å². The van der Waals surface area contributed by atoms with Gasteiger partial charge >= 0.3 is 0 Å². The van der Waals surface area contributed by atoms with E-state index in [1.807, 2.05) is 30.3 Å². The molecule has 0 radical (unpaired) electrons. The molecule has 2 heterocycles. The molecule has 0 atom stereocenters. The zero-order valence-electron chi connectivity index (χ0n) is 13.9. The molecule has 2 aromatic carbocycles. The van der Waals surface area contributed by atoms with E-state index < -0.39 is 0 Å².